The second-order valence-corrected chi connectivity index (χ2v) is 9.47. The van der Waals surface area contributed by atoms with Crippen molar-refractivity contribution in [1.82, 2.24) is 4.90 Å². The number of piperidine rings is 1. The Balaban J connectivity index is 1.79. The molecule has 31 heavy (non-hydrogen) atoms. The molecule has 0 radical (unpaired) electrons. The van der Waals surface area contributed by atoms with Gasteiger partial charge in [0.25, 0.3) is 0 Å². The van der Waals surface area contributed by atoms with Crippen molar-refractivity contribution in [3.05, 3.63) is 28.8 Å². The molecule has 9 heteroatoms. The zero-order valence-electron chi connectivity index (χ0n) is 17.6. The lowest BCUT2D eigenvalue weighted by atomic mass is 9.90. The van der Waals surface area contributed by atoms with Gasteiger partial charge in [0, 0.05) is 0 Å². The molecule has 1 saturated heterocycles. The second-order valence-electron chi connectivity index (χ2n) is 9.06. The van der Waals surface area contributed by atoms with E-state index in [9.17, 15) is 22.8 Å². The topological polar surface area (TPSA) is 69.6 Å². The van der Waals surface area contributed by atoms with Crippen LogP contribution in [0.4, 0.5) is 18.9 Å². The van der Waals surface area contributed by atoms with Crippen LogP contribution in [0.2, 0.25) is 5.02 Å². The van der Waals surface area contributed by atoms with Crippen LogP contribution < -0.4 is 5.32 Å². The highest BCUT2D eigenvalue weighted by atomic mass is 35.5. The number of amides is 1. The quantitative estimate of drug-likeness (QED) is 0.601. The molecule has 0 aromatic heterocycles. The third kappa shape index (κ3) is 5.71. The Bertz CT molecular complexity index is 832. The Hall–Kier alpha value is -1.80. The molecular weight excluding hydrogens is 433 g/mol. The van der Waals surface area contributed by atoms with E-state index in [0.717, 1.165) is 32.6 Å². The number of halogens is 4. The maximum absolute atomic E-state index is 13.6. The zero-order valence-corrected chi connectivity index (χ0v) is 18.4. The lowest BCUT2D eigenvalue weighted by molar-refractivity contribution is -0.189. The third-order valence-corrected chi connectivity index (χ3v) is 7.05. The van der Waals surface area contributed by atoms with Gasteiger partial charge in [0.15, 0.2) is 0 Å². The molecule has 3 unspecified atom stereocenters. The molecule has 1 aliphatic heterocycles. The minimum absolute atomic E-state index is 0.189. The highest BCUT2D eigenvalue weighted by Crippen LogP contribution is 2.54. The number of carboxylic acid groups (broad SMARTS) is 1. The van der Waals surface area contributed by atoms with Gasteiger partial charge in [-0.15, -0.1) is 0 Å². The molecule has 2 aliphatic rings. The Morgan fingerprint density at radius 1 is 1.19 bits per heavy atom. The van der Waals surface area contributed by atoms with Crippen LogP contribution in [0, 0.1) is 17.3 Å². The number of aliphatic carboxylic acids is 1. The molecule has 172 valence electrons. The average molecular weight is 461 g/mol. The van der Waals surface area contributed by atoms with Crippen molar-refractivity contribution in [3.63, 3.8) is 0 Å². The first-order valence-corrected chi connectivity index (χ1v) is 10.9. The van der Waals surface area contributed by atoms with Gasteiger partial charge in [-0.25, -0.2) is 0 Å². The molecule has 1 amide bonds. The van der Waals surface area contributed by atoms with E-state index in [1.807, 2.05) is 0 Å². The van der Waals surface area contributed by atoms with E-state index in [1.54, 1.807) is 17.9 Å². The van der Waals surface area contributed by atoms with Crippen LogP contribution in [-0.4, -0.2) is 47.2 Å². The van der Waals surface area contributed by atoms with Crippen molar-refractivity contribution in [2.75, 3.05) is 18.4 Å². The van der Waals surface area contributed by atoms with Gasteiger partial charge in [-0.3, -0.25) is 14.5 Å². The van der Waals surface area contributed by atoms with Crippen LogP contribution in [0.1, 0.15) is 45.1 Å². The highest BCUT2D eigenvalue weighted by Gasteiger charge is 2.50. The first-order valence-electron chi connectivity index (χ1n) is 10.5. The summed E-state index contributed by atoms with van der Waals surface area (Å²) >= 11 is 6.18. The number of carbonyl (C=O) groups excluding carboxylic acids is 1. The molecule has 5 nitrogen and oxygen atoms in total. The Morgan fingerprint density at radius 2 is 1.81 bits per heavy atom. The lowest BCUT2D eigenvalue weighted by Crippen LogP contribution is -2.54. The monoisotopic (exact) mass is 460 g/mol. The molecule has 1 spiro atoms. The van der Waals surface area contributed by atoms with Crippen LogP contribution in [0.3, 0.4) is 0 Å². The number of hydrogen-bond donors (Lipinski definition) is 2. The molecule has 1 aromatic rings. The Labute approximate surface area is 184 Å². The average Bonchev–Trinajstić information content (AvgIpc) is 3.44. The van der Waals surface area contributed by atoms with Gasteiger partial charge in [-0.05, 0) is 68.3 Å². The zero-order chi connectivity index (χ0) is 23.0. The van der Waals surface area contributed by atoms with E-state index in [-0.39, 0.29) is 22.5 Å². The second kappa shape index (κ2) is 8.98. The van der Waals surface area contributed by atoms with Gasteiger partial charge in [0.1, 0.15) is 6.04 Å². The normalized spacial score (nSPS) is 21.4. The van der Waals surface area contributed by atoms with Gasteiger partial charge < -0.3 is 10.4 Å². The summed E-state index contributed by atoms with van der Waals surface area (Å²) < 4.78 is 40.8. The molecule has 3 rings (SSSR count). The molecule has 1 aromatic carbocycles. The lowest BCUT2D eigenvalue weighted by Gasteiger charge is -2.40. The van der Waals surface area contributed by atoms with Crippen molar-refractivity contribution in [1.29, 1.82) is 0 Å². The number of nitrogens with one attached hydrogen (secondary N) is 1. The minimum Gasteiger partial charge on any atom is -0.481 e. The van der Waals surface area contributed by atoms with E-state index in [2.05, 4.69) is 5.32 Å². The fourth-order valence-corrected chi connectivity index (χ4v) is 4.45. The summed E-state index contributed by atoms with van der Waals surface area (Å²) in [6.07, 6.45) is -0.450. The summed E-state index contributed by atoms with van der Waals surface area (Å²) in [6, 6.07) is 3.34. The maximum Gasteiger partial charge on any atom is 0.393 e. The van der Waals surface area contributed by atoms with Gasteiger partial charge in [-0.2, -0.15) is 13.2 Å². The summed E-state index contributed by atoms with van der Waals surface area (Å²) in [6.45, 7) is 3.52. The molecule has 2 fully saturated rings. The van der Waals surface area contributed by atoms with E-state index in [0.29, 0.717) is 18.7 Å². The number of alkyl halides is 3. The molecule has 1 heterocycles. The summed E-state index contributed by atoms with van der Waals surface area (Å²) in [4.78, 5) is 25.8. The Kier molecular flexibility index (Phi) is 6.91. The molecule has 2 N–H and O–H groups in total. The SMILES string of the molecule is CC(Cc1ccc(Cl)c(NC(=O)C(C(C)C(F)(F)F)N2CCC3(CC2)CC3)c1)C(=O)O. The van der Waals surface area contributed by atoms with E-state index < -0.39 is 35.9 Å². The molecule has 1 aliphatic carbocycles. The molecule has 1 saturated carbocycles. The number of likely N-dealkylation sites (tertiary alicyclic amines) is 1. The van der Waals surface area contributed by atoms with Gasteiger partial charge in [0.2, 0.25) is 5.91 Å². The van der Waals surface area contributed by atoms with Crippen LogP contribution in [0.5, 0.6) is 0 Å². The first-order chi connectivity index (χ1) is 14.4. The van der Waals surface area contributed by atoms with Crippen LogP contribution in [0.25, 0.3) is 0 Å². The van der Waals surface area contributed by atoms with Crippen molar-refractivity contribution in [3.8, 4) is 0 Å². The van der Waals surface area contributed by atoms with Crippen molar-refractivity contribution < 1.29 is 27.9 Å². The van der Waals surface area contributed by atoms with E-state index in [1.165, 1.54) is 12.1 Å². The number of benzene rings is 1. The molecular formula is C22H28ClF3N2O3. The number of hydrogen-bond acceptors (Lipinski definition) is 3. The maximum atomic E-state index is 13.6. The predicted molar refractivity (Wildman–Crippen MR) is 112 cm³/mol. The van der Waals surface area contributed by atoms with E-state index in [4.69, 9.17) is 16.7 Å². The van der Waals surface area contributed by atoms with Gasteiger partial charge in [-0.1, -0.05) is 31.5 Å². The standard InChI is InChI=1S/C22H28ClF3N2O3/c1-13(20(30)31)11-15-3-4-16(23)17(12-15)27-19(29)18(14(2)22(24,25)26)28-9-7-21(5-6-21)8-10-28/h3-4,12-14,18H,5-11H2,1-2H3,(H,27,29)(H,30,31). The van der Waals surface area contributed by atoms with Crippen molar-refractivity contribution >= 4 is 29.2 Å². The van der Waals surface area contributed by atoms with E-state index >= 15 is 0 Å². The Morgan fingerprint density at radius 3 is 2.32 bits per heavy atom. The van der Waals surface area contributed by atoms with Crippen LogP contribution >= 0.6 is 11.6 Å². The largest absolute Gasteiger partial charge is 0.481 e. The van der Waals surface area contributed by atoms with Gasteiger partial charge >= 0.3 is 12.1 Å². The summed E-state index contributed by atoms with van der Waals surface area (Å²) in [5.41, 5.74) is 1.10. The summed E-state index contributed by atoms with van der Waals surface area (Å²) in [5.74, 6) is -4.19. The van der Waals surface area contributed by atoms with Crippen LogP contribution in [-0.2, 0) is 16.0 Å². The predicted octanol–water partition coefficient (Wildman–Crippen LogP) is 4.98. The minimum atomic E-state index is -4.51. The first kappa shape index (κ1) is 23.9. The van der Waals surface area contributed by atoms with Gasteiger partial charge in [0.05, 0.1) is 22.5 Å². The third-order valence-electron chi connectivity index (χ3n) is 6.72. The summed E-state index contributed by atoms with van der Waals surface area (Å²) in [5, 5.41) is 11.9. The van der Waals surface area contributed by atoms with Crippen LogP contribution in [0.15, 0.2) is 18.2 Å². The molecule has 3 atom stereocenters. The number of carbonyl (C=O) groups is 2. The number of anilines is 1. The highest BCUT2D eigenvalue weighted by molar-refractivity contribution is 6.33. The smallest absolute Gasteiger partial charge is 0.393 e. The number of carboxylic acids is 1. The van der Waals surface area contributed by atoms with Crippen molar-refractivity contribution in [2.45, 2.75) is 58.2 Å². The fourth-order valence-electron chi connectivity index (χ4n) is 4.28. The number of rotatable bonds is 7. The van der Waals surface area contributed by atoms with Crippen molar-refractivity contribution in [2.24, 2.45) is 17.3 Å². The fraction of sp³-hybridized carbons (Fsp3) is 0.636. The number of nitrogens with zero attached hydrogens (tertiary/aromatic N) is 1. The molecule has 0 bridgehead atoms. The summed E-state index contributed by atoms with van der Waals surface area (Å²) in [7, 11) is 0.